The second kappa shape index (κ2) is 5.65. The van der Waals surface area contributed by atoms with E-state index in [1.807, 2.05) is 0 Å². The molecule has 0 N–H and O–H groups in total. The van der Waals surface area contributed by atoms with Gasteiger partial charge in [-0.05, 0) is 21.1 Å². The lowest BCUT2D eigenvalue weighted by molar-refractivity contribution is 0.134. The maximum atomic E-state index is 4.93. The SMILES string of the molecule is COCCN(C)CN(C)C. The van der Waals surface area contributed by atoms with Crippen molar-refractivity contribution in [1.82, 2.24) is 9.80 Å². The van der Waals surface area contributed by atoms with Gasteiger partial charge in [-0.3, -0.25) is 9.80 Å². The molecule has 0 saturated heterocycles. The Bertz CT molecular complexity index is 76.0. The summed E-state index contributed by atoms with van der Waals surface area (Å²) >= 11 is 0. The van der Waals surface area contributed by atoms with Crippen molar-refractivity contribution in [3.05, 3.63) is 0 Å². The molecule has 0 rings (SSSR count). The lowest BCUT2D eigenvalue weighted by Gasteiger charge is -2.20. The Morgan fingerprint density at radius 1 is 1.20 bits per heavy atom. The molecule has 3 heteroatoms. The lowest BCUT2D eigenvalue weighted by atomic mass is 10.6. The summed E-state index contributed by atoms with van der Waals surface area (Å²) in [5, 5.41) is 0. The van der Waals surface area contributed by atoms with Crippen LogP contribution >= 0.6 is 0 Å². The van der Waals surface area contributed by atoms with Gasteiger partial charge in [0.1, 0.15) is 0 Å². The van der Waals surface area contributed by atoms with Crippen molar-refractivity contribution in [3.8, 4) is 0 Å². The molecule has 0 bridgehead atoms. The maximum Gasteiger partial charge on any atom is 0.0590 e. The average molecular weight is 146 g/mol. The molecule has 0 atom stereocenters. The number of rotatable bonds is 5. The molecule has 0 saturated carbocycles. The van der Waals surface area contributed by atoms with Crippen LogP contribution in [-0.2, 0) is 4.74 Å². The van der Waals surface area contributed by atoms with E-state index < -0.39 is 0 Å². The van der Waals surface area contributed by atoms with Crippen LogP contribution in [0.3, 0.4) is 0 Å². The Morgan fingerprint density at radius 2 is 1.80 bits per heavy atom. The minimum Gasteiger partial charge on any atom is -0.383 e. The van der Waals surface area contributed by atoms with E-state index in [-0.39, 0.29) is 0 Å². The van der Waals surface area contributed by atoms with E-state index in [0.29, 0.717) is 0 Å². The normalized spacial score (nSPS) is 11.4. The summed E-state index contributed by atoms with van der Waals surface area (Å²) in [6, 6.07) is 0. The van der Waals surface area contributed by atoms with Gasteiger partial charge in [0.15, 0.2) is 0 Å². The van der Waals surface area contributed by atoms with E-state index in [1.54, 1.807) is 7.11 Å². The molecular formula is C7H18N2O. The van der Waals surface area contributed by atoms with Gasteiger partial charge in [0.05, 0.1) is 6.61 Å². The van der Waals surface area contributed by atoms with Crippen molar-refractivity contribution < 1.29 is 4.74 Å². The van der Waals surface area contributed by atoms with Crippen LogP contribution in [-0.4, -0.2) is 57.9 Å². The number of ether oxygens (including phenoxy) is 1. The third-order valence-electron chi connectivity index (χ3n) is 1.20. The molecule has 0 unspecified atom stereocenters. The standard InChI is InChI=1S/C7H18N2O/c1-8(2)7-9(3)5-6-10-4/h5-7H2,1-4H3. The number of nitrogens with zero attached hydrogens (tertiary/aromatic N) is 2. The van der Waals surface area contributed by atoms with Crippen LogP contribution in [0.1, 0.15) is 0 Å². The van der Waals surface area contributed by atoms with Crippen LogP contribution in [0.15, 0.2) is 0 Å². The summed E-state index contributed by atoms with van der Waals surface area (Å²) < 4.78 is 4.93. The van der Waals surface area contributed by atoms with Crippen LogP contribution in [0.5, 0.6) is 0 Å². The zero-order valence-corrected chi connectivity index (χ0v) is 7.42. The van der Waals surface area contributed by atoms with Crippen molar-refractivity contribution in [3.63, 3.8) is 0 Å². The highest BCUT2D eigenvalue weighted by atomic mass is 16.5. The molecule has 10 heavy (non-hydrogen) atoms. The third kappa shape index (κ3) is 6.01. The molecular weight excluding hydrogens is 128 g/mol. The zero-order valence-electron chi connectivity index (χ0n) is 7.42. The Labute approximate surface area is 63.6 Å². The lowest BCUT2D eigenvalue weighted by Crippen LogP contribution is -2.32. The van der Waals surface area contributed by atoms with E-state index in [4.69, 9.17) is 4.74 Å². The van der Waals surface area contributed by atoms with Crippen LogP contribution in [0, 0.1) is 0 Å². The predicted molar refractivity (Wildman–Crippen MR) is 43.1 cm³/mol. The van der Waals surface area contributed by atoms with Gasteiger partial charge in [-0.2, -0.15) is 0 Å². The highest BCUT2D eigenvalue weighted by Crippen LogP contribution is 1.83. The molecule has 0 aliphatic heterocycles. The molecule has 0 heterocycles. The molecule has 3 nitrogen and oxygen atoms in total. The van der Waals surface area contributed by atoms with Gasteiger partial charge >= 0.3 is 0 Å². The van der Waals surface area contributed by atoms with E-state index >= 15 is 0 Å². The molecule has 0 aromatic rings. The largest absolute Gasteiger partial charge is 0.383 e. The van der Waals surface area contributed by atoms with Gasteiger partial charge < -0.3 is 4.74 Å². The fourth-order valence-electron chi connectivity index (χ4n) is 0.801. The molecule has 0 fully saturated rings. The van der Waals surface area contributed by atoms with E-state index in [0.717, 1.165) is 19.8 Å². The van der Waals surface area contributed by atoms with Gasteiger partial charge in [0.2, 0.25) is 0 Å². The summed E-state index contributed by atoms with van der Waals surface area (Å²) in [5.41, 5.74) is 0. The van der Waals surface area contributed by atoms with Crippen LogP contribution < -0.4 is 0 Å². The Hall–Kier alpha value is -0.120. The van der Waals surface area contributed by atoms with Gasteiger partial charge in [0.25, 0.3) is 0 Å². The molecule has 0 aliphatic rings. The topological polar surface area (TPSA) is 15.7 Å². The minimum atomic E-state index is 0.810. The smallest absolute Gasteiger partial charge is 0.0590 e. The Morgan fingerprint density at radius 3 is 2.20 bits per heavy atom. The zero-order chi connectivity index (χ0) is 7.98. The molecule has 0 aliphatic carbocycles. The fourth-order valence-corrected chi connectivity index (χ4v) is 0.801. The van der Waals surface area contributed by atoms with E-state index in [9.17, 15) is 0 Å². The summed E-state index contributed by atoms with van der Waals surface area (Å²) in [6.45, 7) is 2.79. The first-order valence-electron chi connectivity index (χ1n) is 3.49. The van der Waals surface area contributed by atoms with Gasteiger partial charge in [-0.1, -0.05) is 0 Å². The fraction of sp³-hybridized carbons (Fsp3) is 1.00. The molecule has 0 radical (unpaired) electrons. The molecule has 0 aromatic carbocycles. The van der Waals surface area contributed by atoms with Crippen LogP contribution in [0.4, 0.5) is 0 Å². The summed E-state index contributed by atoms with van der Waals surface area (Å²) in [6.07, 6.45) is 0. The van der Waals surface area contributed by atoms with Crippen molar-refractivity contribution in [2.45, 2.75) is 0 Å². The molecule has 62 valence electrons. The number of methoxy groups -OCH3 is 1. The molecule has 0 spiro atoms. The highest BCUT2D eigenvalue weighted by molar-refractivity contribution is 4.46. The number of likely N-dealkylation sites (N-methyl/N-ethyl adjacent to an activating group) is 1. The van der Waals surface area contributed by atoms with Crippen LogP contribution in [0.25, 0.3) is 0 Å². The highest BCUT2D eigenvalue weighted by Gasteiger charge is 1.96. The van der Waals surface area contributed by atoms with Gasteiger partial charge in [-0.15, -0.1) is 0 Å². The maximum absolute atomic E-state index is 4.93. The first kappa shape index (κ1) is 9.88. The minimum absolute atomic E-state index is 0.810. The van der Waals surface area contributed by atoms with E-state index in [2.05, 4.69) is 30.9 Å². The summed E-state index contributed by atoms with van der Waals surface area (Å²) in [4.78, 5) is 4.35. The Kier molecular flexibility index (Phi) is 5.58. The second-order valence-corrected chi connectivity index (χ2v) is 2.79. The monoisotopic (exact) mass is 146 g/mol. The van der Waals surface area contributed by atoms with Gasteiger partial charge in [0, 0.05) is 20.3 Å². The van der Waals surface area contributed by atoms with Crippen molar-refractivity contribution >= 4 is 0 Å². The number of hydrogen-bond acceptors (Lipinski definition) is 3. The second-order valence-electron chi connectivity index (χ2n) is 2.79. The van der Waals surface area contributed by atoms with Crippen molar-refractivity contribution in [1.29, 1.82) is 0 Å². The third-order valence-corrected chi connectivity index (χ3v) is 1.20. The summed E-state index contributed by atoms with van der Waals surface area (Å²) in [7, 11) is 7.93. The quantitative estimate of drug-likeness (QED) is 0.511. The Balaban J connectivity index is 3.16. The van der Waals surface area contributed by atoms with E-state index in [1.165, 1.54) is 0 Å². The van der Waals surface area contributed by atoms with Gasteiger partial charge in [-0.25, -0.2) is 0 Å². The average Bonchev–Trinajstić information content (AvgIpc) is 1.82. The first-order chi connectivity index (χ1) is 4.66. The summed E-state index contributed by atoms with van der Waals surface area (Å²) in [5.74, 6) is 0. The molecule has 0 aromatic heterocycles. The first-order valence-corrected chi connectivity index (χ1v) is 3.49. The van der Waals surface area contributed by atoms with Crippen molar-refractivity contribution in [2.24, 2.45) is 0 Å². The van der Waals surface area contributed by atoms with Crippen LogP contribution in [0.2, 0.25) is 0 Å². The predicted octanol–water partition coefficient (Wildman–Crippen LogP) is 0.0837. The van der Waals surface area contributed by atoms with Crippen molar-refractivity contribution in [2.75, 3.05) is 48.1 Å². The number of hydrogen-bond donors (Lipinski definition) is 0. The molecule has 0 amide bonds.